The molecular weight excluding hydrogens is 434 g/mol. The van der Waals surface area contributed by atoms with Gasteiger partial charge in [-0.1, -0.05) is 0 Å². The largest absolute Gasteiger partial charge is 0.395 e. The molecule has 3 amide bonds. The second-order valence-corrected chi connectivity index (χ2v) is 8.13. The molecule has 0 saturated carbocycles. The summed E-state index contributed by atoms with van der Waals surface area (Å²) in [7, 11) is -4.67. The maximum absolute atomic E-state index is 11.3. The molecule has 0 spiro atoms. The smallest absolute Gasteiger partial charge is 0.394 e. The number of hydrogen-bond acceptors (Lipinski definition) is 7. The number of aliphatic hydroxyl groups is 1. The van der Waals surface area contributed by atoms with Gasteiger partial charge < -0.3 is 24.5 Å². The third-order valence-electron chi connectivity index (χ3n) is 4.90. The fourth-order valence-electron chi connectivity index (χ4n) is 3.39. The SMILES string of the molecule is O=C1CCCN1CCO.O=C1CCCN1CCOCCN1CCCC1=O.O=S(=O)(O)O.[2HH]. The van der Waals surface area contributed by atoms with Crippen LogP contribution in [0.5, 0.6) is 0 Å². The van der Waals surface area contributed by atoms with E-state index in [0.29, 0.717) is 52.1 Å². The van der Waals surface area contributed by atoms with Gasteiger partial charge in [0.15, 0.2) is 0 Å². The van der Waals surface area contributed by atoms with Crippen molar-refractivity contribution in [1.29, 1.82) is 0 Å². The third-order valence-corrected chi connectivity index (χ3v) is 4.90. The van der Waals surface area contributed by atoms with Crippen LogP contribution in [0, 0.1) is 0 Å². The summed E-state index contributed by atoms with van der Waals surface area (Å²) in [6, 6.07) is 0. The lowest BCUT2D eigenvalue weighted by atomic mass is 10.4. The molecule has 0 aromatic rings. The van der Waals surface area contributed by atoms with Gasteiger partial charge >= 0.3 is 10.4 Å². The molecule has 3 N–H and O–H groups in total. The number of aliphatic hydroxyl groups excluding tert-OH is 1. The molecule has 0 aromatic heterocycles. The lowest BCUT2D eigenvalue weighted by Gasteiger charge is -2.17. The maximum atomic E-state index is 11.3. The summed E-state index contributed by atoms with van der Waals surface area (Å²) in [4.78, 5) is 38.8. The first-order chi connectivity index (χ1) is 14.6. The topological polar surface area (TPSA) is 165 Å². The number of likely N-dealkylation sites (tertiary alicyclic amines) is 3. The summed E-state index contributed by atoms with van der Waals surface area (Å²) in [6.45, 7) is 5.70. The Bertz CT molecular complexity index is 657. The highest BCUT2D eigenvalue weighted by molar-refractivity contribution is 7.79. The van der Waals surface area contributed by atoms with E-state index in [4.69, 9.17) is 27.4 Å². The van der Waals surface area contributed by atoms with Gasteiger partial charge in [0.05, 0.1) is 19.8 Å². The number of hydrogen-bond donors (Lipinski definition) is 3. The normalized spacial score (nSPS) is 18.8. The van der Waals surface area contributed by atoms with Crippen LogP contribution in [0.2, 0.25) is 0 Å². The van der Waals surface area contributed by atoms with Gasteiger partial charge in [0.25, 0.3) is 0 Å². The van der Waals surface area contributed by atoms with Gasteiger partial charge in [-0.3, -0.25) is 23.5 Å². The first-order valence-corrected chi connectivity index (χ1v) is 11.7. The highest BCUT2D eigenvalue weighted by Gasteiger charge is 2.21. The Morgan fingerprint density at radius 1 is 0.742 bits per heavy atom. The van der Waals surface area contributed by atoms with Crippen molar-refractivity contribution >= 4 is 28.1 Å². The molecule has 31 heavy (non-hydrogen) atoms. The summed E-state index contributed by atoms with van der Waals surface area (Å²) in [5.41, 5.74) is 0. The van der Waals surface area contributed by atoms with E-state index in [1.54, 1.807) is 4.90 Å². The summed E-state index contributed by atoms with van der Waals surface area (Å²) < 4.78 is 37.0. The van der Waals surface area contributed by atoms with E-state index in [2.05, 4.69) is 0 Å². The van der Waals surface area contributed by atoms with E-state index in [-0.39, 0.29) is 25.8 Å². The summed E-state index contributed by atoms with van der Waals surface area (Å²) in [6.07, 6.45) is 4.94. The van der Waals surface area contributed by atoms with Crippen LogP contribution in [0.15, 0.2) is 0 Å². The Morgan fingerprint density at radius 2 is 1.06 bits per heavy atom. The van der Waals surface area contributed by atoms with E-state index in [9.17, 15) is 14.4 Å². The molecule has 0 aliphatic carbocycles. The Labute approximate surface area is 184 Å². The van der Waals surface area contributed by atoms with Crippen molar-refractivity contribution in [3.05, 3.63) is 0 Å². The van der Waals surface area contributed by atoms with E-state index >= 15 is 0 Å². The van der Waals surface area contributed by atoms with Crippen molar-refractivity contribution in [2.75, 3.05) is 59.1 Å². The Hall–Kier alpha value is -1.80. The van der Waals surface area contributed by atoms with E-state index in [0.717, 1.165) is 38.9 Å². The predicted molar refractivity (Wildman–Crippen MR) is 112 cm³/mol. The first-order valence-electron chi connectivity index (χ1n) is 10.3. The van der Waals surface area contributed by atoms with Crippen molar-refractivity contribution in [3.63, 3.8) is 0 Å². The molecule has 0 unspecified atom stereocenters. The molecule has 3 aliphatic rings. The minimum Gasteiger partial charge on any atom is -0.395 e. The van der Waals surface area contributed by atoms with Gasteiger partial charge in [-0.05, 0) is 19.3 Å². The molecule has 182 valence electrons. The predicted octanol–water partition coefficient (Wildman–Crippen LogP) is -0.558. The van der Waals surface area contributed by atoms with Crippen LogP contribution in [0.1, 0.15) is 40.0 Å². The van der Waals surface area contributed by atoms with E-state index < -0.39 is 10.4 Å². The molecular formula is C18H35N3O9S. The van der Waals surface area contributed by atoms with Gasteiger partial charge in [-0.25, -0.2) is 0 Å². The average Bonchev–Trinajstić information content (AvgIpc) is 3.38. The van der Waals surface area contributed by atoms with Crippen LogP contribution in [0.25, 0.3) is 0 Å². The Balaban J connectivity index is 0.000000539. The zero-order valence-electron chi connectivity index (χ0n) is 17.6. The zero-order chi connectivity index (χ0) is 23.3. The number of β-amino-alcohol motifs (C(OH)–C–C–N with tert-alkyl or cyclic N) is 1. The molecule has 0 atom stereocenters. The van der Waals surface area contributed by atoms with Crippen LogP contribution in [-0.4, -0.2) is 114 Å². The Morgan fingerprint density at radius 3 is 1.32 bits per heavy atom. The number of ether oxygens (including phenoxy) is 1. The van der Waals surface area contributed by atoms with Gasteiger partial charge in [0.1, 0.15) is 0 Å². The van der Waals surface area contributed by atoms with Crippen molar-refractivity contribution in [2.45, 2.75) is 38.5 Å². The number of carbonyl (C=O) groups excluding carboxylic acids is 3. The van der Waals surface area contributed by atoms with Crippen LogP contribution in [0.4, 0.5) is 0 Å². The van der Waals surface area contributed by atoms with E-state index in [1.165, 1.54) is 0 Å². The summed E-state index contributed by atoms with van der Waals surface area (Å²) in [5, 5.41) is 8.45. The van der Waals surface area contributed by atoms with Gasteiger partial charge in [-0.15, -0.1) is 0 Å². The molecule has 3 aliphatic heterocycles. The number of nitrogens with zero attached hydrogens (tertiary/aromatic N) is 3. The van der Waals surface area contributed by atoms with Crippen LogP contribution in [-0.2, 0) is 29.5 Å². The van der Waals surface area contributed by atoms with Crippen molar-refractivity contribution in [2.24, 2.45) is 0 Å². The molecule has 0 aromatic carbocycles. The molecule has 3 heterocycles. The minimum absolute atomic E-state index is 0. The fraction of sp³-hybridized carbons (Fsp3) is 0.833. The lowest BCUT2D eigenvalue weighted by molar-refractivity contribution is -0.129. The molecule has 13 heteroatoms. The molecule has 0 bridgehead atoms. The van der Waals surface area contributed by atoms with E-state index in [1.807, 2.05) is 9.80 Å². The second-order valence-electron chi connectivity index (χ2n) is 7.24. The summed E-state index contributed by atoms with van der Waals surface area (Å²) >= 11 is 0. The van der Waals surface area contributed by atoms with Gasteiger partial charge in [-0.2, -0.15) is 8.42 Å². The molecule has 3 saturated heterocycles. The van der Waals surface area contributed by atoms with Crippen LogP contribution in [0.3, 0.4) is 0 Å². The van der Waals surface area contributed by atoms with Crippen molar-refractivity contribution < 1.29 is 43.2 Å². The van der Waals surface area contributed by atoms with Crippen LogP contribution >= 0.6 is 0 Å². The molecule has 3 rings (SSSR count). The highest BCUT2D eigenvalue weighted by Crippen LogP contribution is 2.10. The monoisotopic (exact) mass is 470 g/mol. The van der Waals surface area contributed by atoms with Gasteiger partial charge in [0.2, 0.25) is 17.7 Å². The molecule has 12 nitrogen and oxygen atoms in total. The number of amides is 3. The molecule has 0 radical (unpaired) electrons. The Kier molecular flexibility index (Phi) is 12.6. The minimum atomic E-state index is -4.67. The maximum Gasteiger partial charge on any atom is 0.394 e. The van der Waals surface area contributed by atoms with Crippen molar-refractivity contribution in [3.8, 4) is 0 Å². The fourth-order valence-corrected chi connectivity index (χ4v) is 3.39. The third kappa shape index (κ3) is 12.6. The lowest BCUT2D eigenvalue weighted by Crippen LogP contribution is -2.31. The number of rotatable bonds is 8. The number of carbonyl (C=O) groups is 3. The van der Waals surface area contributed by atoms with Crippen LogP contribution < -0.4 is 0 Å². The second kappa shape index (κ2) is 14.3. The van der Waals surface area contributed by atoms with Gasteiger partial charge in [0, 0.05) is 60.0 Å². The average molecular weight is 471 g/mol. The quantitative estimate of drug-likeness (QED) is 0.311. The molecule has 3 fully saturated rings. The van der Waals surface area contributed by atoms with Crippen molar-refractivity contribution in [1.82, 2.24) is 14.7 Å². The zero-order valence-corrected chi connectivity index (χ0v) is 18.5. The summed E-state index contributed by atoms with van der Waals surface area (Å²) in [5.74, 6) is 0.663. The highest BCUT2D eigenvalue weighted by atomic mass is 32.3. The standard InChI is InChI=1S/C12H20N2O3.C6H11NO2.H2O4S.H2/c15-11-3-1-5-13(11)7-9-17-10-8-14-6-2-4-12(14)16;8-5-4-7-3-1-2-6(7)9;1-5(2,3)4;/h1-10H2;8H,1-5H2;(H2,1,2,3,4);1H/i;;;1+1. The first kappa shape index (κ1) is 27.2.